The first-order chi connectivity index (χ1) is 21.8. The second-order valence-electron chi connectivity index (χ2n) is 11.2. The van der Waals surface area contributed by atoms with E-state index in [-0.39, 0.29) is 55.6 Å². The zero-order valence-electron chi connectivity index (χ0n) is 27.3. The predicted molar refractivity (Wildman–Crippen MR) is 172 cm³/mol. The summed E-state index contributed by atoms with van der Waals surface area (Å²) in [5.74, 6) is -3.19. The molecule has 0 aliphatic heterocycles. The van der Waals surface area contributed by atoms with E-state index in [1.165, 1.54) is 42.5 Å². The summed E-state index contributed by atoms with van der Waals surface area (Å²) in [7, 11) is 0. The van der Waals surface area contributed by atoms with Gasteiger partial charge in [0.2, 0.25) is 5.91 Å². The van der Waals surface area contributed by atoms with Crippen LogP contribution in [-0.2, 0) is 16.0 Å². The molecule has 0 radical (unpaired) electrons. The molecule has 0 saturated heterocycles. The number of benzene rings is 3. The summed E-state index contributed by atoms with van der Waals surface area (Å²) < 4.78 is 29.9. The Bertz CT molecular complexity index is 1740. The maximum atomic E-state index is 14.2. The van der Waals surface area contributed by atoms with Gasteiger partial charge in [-0.05, 0) is 73.0 Å². The molecule has 47 heavy (non-hydrogen) atoms. The van der Waals surface area contributed by atoms with Crippen molar-refractivity contribution in [3.8, 4) is 22.3 Å². The number of aromatic nitrogens is 1. The Morgan fingerprint density at radius 1 is 0.894 bits per heavy atom. The number of aliphatic carboxylic acids is 1. The molecule has 0 aliphatic rings. The van der Waals surface area contributed by atoms with Crippen LogP contribution in [0.4, 0.5) is 14.5 Å². The van der Waals surface area contributed by atoms with E-state index in [2.05, 4.69) is 5.32 Å². The molecule has 0 fully saturated rings. The zero-order valence-corrected chi connectivity index (χ0v) is 28.3. The Morgan fingerprint density at radius 3 is 1.91 bits per heavy atom. The molecule has 0 saturated carbocycles. The summed E-state index contributed by atoms with van der Waals surface area (Å²) in [5, 5.41) is 32.6. The number of nitrogens with one attached hydrogen (secondary N) is 1. The fraction of sp³-hybridized carbons (Fsp3) is 0.229. The van der Waals surface area contributed by atoms with Gasteiger partial charge in [0.15, 0.2) is 0 Å². The second kappa shape index (κ2) is 16.6. The number of halogens is 2. The molecule has 0 unspecified atom stereocenters. The Balaban J connectivity index is 0.00000400. The Morgan fingerprint density at radius 2 is 1.43 bits per heavy atom. The summed E-state index contributed by atoms with van der Waals surface area (Å²) in [6, 6.07) is 17.5. The molecule has 6 N–H and O–H groups in total. The fourth-order valence-electron chi connectivity index (χ4n) is 5.28. The SMILES string of the molecule is CC(C)n1c(/C=C/[C@@H](O)C[C@@H](O)CC(=O)O)c(-c2ccc(F)cc2)c(-c2ccc(F)cc2)c1C(=O)Nc1ccc(CC(N)=O)cc1.[H-].[Na+]. The second-order valence-corrected chi connectivity index (χ2v) is 11.2. The molecule has 2 atom stereocenters. The van der Waals surface area contributed by atoms with Crippen molar-refractivity contribution < 1.29 is 69.5 Å². The summed E-state index contributed by atoms with van der Waals surface area (Å²) in [6.45, 7) is 3.70. The van der Waals surface area contributed by atoms with Crippen LogP contribution in [0.25, 0.3) is 28.3 Å². The van der Waals surface area contributed by atoms with Crippen molar-refractivity contribution in [1.29, 1.82) is 0 Å². The number of carboxylic acids is 1. The van der Waals surface area contributed by atoms with Crippen molar-refractivity contribution in [1.82, 2.24) is 4.57 Å². The van der Waals surface area contributed by atoms with Gasteiger partial charge in [0.25, 0.3) is 5.91 Å². The van der Waals surface area contributed by atoms with Crippen molar-refractivity contribution in [3.05, 3.63) is 107 Å². The van der Waals surface area contributed by atoms with Gasteiger partial charge in [-0.3, -0.25) is 14.4 Å². The number of primary amides is 1. The standard InChI is InChI=1S/C35H35F2N3O6.Na.H/c1-20(2)40-29(16-15-27(41)18-28(42)19-31(44)45)32(22-5-9-24(36)10-6-22)33(23-7-11-25(37)12-8-23)34(40)35(46)39-26-13-3-21(4-14-26)17-30(38)43;;/h3-16,20,27-28,41-42H,17-19H2,1-2H3,(H2,38,43)(H,39,46)(H,44,45);;/q;+1;-1/b16-15+;;/t27-,28-;;/m1../s1. The number of carbonyl (C=O) groups is 3. The van der Waals surface area contributed by atoms with Gasteiger partial charge in [0.05, 0.1) is 25.0 Å². The summed E-state index contributed by atoms with van der Waals surface area (Å²) >= 11 is 0. The number of amides is 2. The smallest absolute Gasteiger partial charge is 1.00 e. The number of rotatable bonds is 13. The van der Waals surface area contributed by atoms with Crippen LogP contribution in [-0.4, -0.2) is 49.9 Å². The van der Waals surface area contributed by atoms with Crippen LogP contribution in [0.1, 0.15) is 55.9 Å². The number of anilines is 1. The number of aliphatic hydroxyl groups excluding tert-OH is 2. The van der Waals surface area contributed by atoms with E-state index in [1.54, 1.807) is 47.0 Å². The number of aliphatic hydroxyl groups is 2. The number of carboxylic acid groups (broad SMARTS) is 1. The van der Waals surface area contributed by atoms with Gasteiger partial charge in [-0.15, -0.1) is 0 Å². The molecule has 1 heterocycles. The Kier molecular flexibility index (Phi) is 13.2. The van der Waals surface area contributed by atoms with Gasteiger partial charge in [0, 0.05) is 35.0 Å². The molecule has 0 aliphatic carbocycles. The van der Waals surface area contributed by atoms with Gasteiger partial charge in [-0.25, -0.2) is 8.78 Å². The third-order valence-electron chi connectivity index (χ3n) is 7.23. The van der Waals surface area contributed by atoms with E-state index < -0.39 is 48.0 Å². The van der Waals surface area contributed by atoms with Gasteiger partial charge < -0.3 is 32.4 Å². The fourth-order valence-corrected chi connectivity index (χ4v) is 5.28. The van der Waals surface area contributed by atoms with E-state index in [1.807, 2.05) is 13.8 Å². The molecule has 12 heteroatoms. The van der Waals surface area contributed by atoms with E-state index in [0.717, 1.165) is 0 Å². The van der Waals surface area contributed by atoms with Gasteiger partial charge in [-0.1, -0.05) is 42.5 Å². The van der Waals surface area contributed by atoms with Crippen molar-refractivity contribution >= 4 is 29.5 Å². The largest absolute Gasteiger partial charge is 1.00 e. The average molecular weight is 656 g/mol. The number of carbonyl (C=O) groups excluding carboxylic acids is 2. The minimum atomic E-state index is -1.30. The first-order valence-corrected chi connectivity index (χ1v) is 14.6. The third kappa shape index (κ3) is 9.69. The first kappa shape index (κ1) is 37.3. The molecule has 1 aromatic heterocycles. The van der Waals surface area contributed by atoms with Crippen LogP contribution in [0.3, 0.4) is 0 Å². The van der Waals surface area contributed by atoms with E-state index in [4.69, 9.17) is 10.8 Å². The van der Waals surface area contributed by atoms with Crippen LogP contribution in [0.2, 0.25) is 0 Å². The molecule has 3 aromatic carbocycles. The molecule has 2 amide bonds. The van der Waals surface area contributed by atoms with E-state index >= 15 is 0 Å². The van der Waals surface area contributed by atoms with Crippen molar-refractivity contribution in [2.24, 2.45) is 5.73 Å². The predicted octanol–water partition coefficient (Wildman–Crippen LogP) is 2.68. The molecule has 0 spiro atoms. The third-order valence-corrected chi connectivity index (χ3v) is 7.23. The normalized spacial score (nSPS) is 12.5. The van der Waals surface area contributed by atoms with Crippen LogP contribution in [0, 0.1) is 11.6 Å². The van der Waals surface area contributed by atoms with Crippen LogP contribution in [0.5, 0.6) is 0 Å². The van der Waals surface area contributed by atoms with Gasteiger partial charge >= 0.3 is 35.5 Å². The van der Waals surface area contributed by atoms with Crippen LogP contribution < -0.4 is 40.6 Å². The summed E-state index contributed by atoms with van der Waals surface area (Å²) in [4.78, 5) is 36.5. The molecular formula is C35H36F2N3NaO6. The van der Waals surface area contributed by atoms with E-state index in [9.17, 15) is 33.4 Å². The van der Waals surface area contributed by atoms with Crippen LogP contribution >= 0.6 is 0 Å². The molecule has 242 valence electrons. The van der Waals surface area contributed by atoms with Crippen LogP contribution in [0.15, 0.2) is 78.9 Å². The molecule has 9 nitrogen and oxygen atoms in total. The Hall–Kier alpha value is -4.13. The average Bonchev–Trinajstić information content (AvgIpc) is 3.32. The molecule has 4 aromatic rings. The van der Waals surface area contributed by atoms with Crippen molar-refractivity contribution in [3.63, 3.8) is 0 Å². The summed E-state index contributed by atoms with van der Waals surface area (Å²) in [6.07, 6.45) is -0.335. The van der Waals surface area contributed by atoms with Gasteiger partial charge in [0.1, 0.15) is 17.3 Å². The number of hydrogen-bond acceptors (Lipinski definition) is 5. The topological polar surface area (TPSA) is 155 Å². The number of hydrogen-bond donors (Lipinski definition) is 5. The monoisotopic (exact) mass is 655 g/mol. The number of nitrogens with two attached hydrogens (primary N) is 1. The van der Waals surface area contributed by atoms with Crippen molar-refractivity contribution in [2.45, 2.75) is 51.4 Å². The first-order valence-electron chi connectivity index (χ1n) is 14.6. The molecule has 0 bridgehead atoms. The minimum Gasteiger partial charge on any atom is -1.00 e. The van der Waals surface area contributed by atoms with E-state index in [0.29, 0.717) is 39.2 Å². The zero-order chi connectivity index (χ0) is 33.5. The summed E-state index contributed by atoms with van der Waals surface area (Å²) in [5.41, 5.74) is 8.99. The molecular weight excluding hydrogens is 619 g/mol. The maximum Gasteiger partial charge on any atom is 1.00 e. The molecule has 4 rings (SSSR count). The Labute approximate surface area is 294 Å². The van der Waals surface area contributed by atoms with Crippen molar-refractivity contribution in [2.75, 3.05) is 5.32 Å². The number of nitrogens with zero attached hydrogens (tertiary/aromatic N) is 1. The van der Waals surface area contributed by atoms with Gasteiger partial charge in [-0.2, -0.15) is 0 Å². The minimum absolute atomic E-state index is 0. The maximum absolute atomic E-state index is 14.2. The quantitative estimate of drug-likeness (QED) is 0.140.